The van der Waals surface area contributed by atoms with Crippen molar-refractivity contribution in [2.24, 2.45) is 0 Å². The monoisotopic (exact) mass is 291 g/mol. The Bertz CT molecular complexity index is 609. The van der Waals surface area contributed by atoms with E-state index >= 15 is 0 Å². The second kappa shape index (κ2) is 6.70. The van der Waals surface area contributed by atoms with Gasteiger partial charge >= 0.3 is 6.09 Å². The topological polar surface area (TPSA) is 94.4 Å². The largest absolute Gasteiger partial charge is 0.444 e. The summed E-state index contributed by atoms with van der Waals surface area (Å²) in [4.78, 5) is 25.4. The van der Waals surface area contributed by atoms with Gasteiger partial charge in [0, 0.05) is 6.07 Å². The summed E-state index contributed by atoms with van der Waals surface area (Å²) in [6.45, 7) is 7.06. The summed E-state index contributed by atoms with van der Waals surface area (Å²) >= 11 is 0. The number of ether oxygens (including phenoxy) is 1. The molecule has 0 aliphatic carbocycles. The van der Waals surface area contributed by atoms with Gasteiger partial charge in [-0.25, -0.2) is 4.79 Å². The quantitative estimate of drug-likeness (QED) is 0.512. The van der Waals surface area contributed by atoms with Crippen LogP contribution in [0.4, 0.5) is 10.5 Å². The number of nitro groups is 1. The molecule has 1 N–H and O–H groups in total. The fourth-order valence-corrected chi connectivity index (χ4v) is 1.32. The van der Waals surface area contributed by atoms with Crippen LogP contribution in [0.2, 0.25) is 0 Å². The average Bonchev–Trinajstić information content (AvgIpc) is 2.34. The Morgan fingerprint density at radius 3 is 2.76 bits per heavy atom. The standard InChI is InChI=1S/C14H17N3O4/c1-10-11(8-12(9-16-10)17(19)20)6-5-7-15-13(18)21-14(2,3)4/h8-9H,7H2,1-4H3,(H,15,18). The number of hydrogen-bond donors (Lipinski definition) is 1. The van der Waals surface area contributed by atoms with Crippen molar-refractivity contribution in [2.75, 3.05) is 6.54 Å². The molecule has 1 heterocycles. The van der Waals surface area contributed by atoms with Gasteiger partial charge in [0.2, 0.25) is 0 Å². The lowest BCUT2D eigenvalue weighted by atomic mass is 10.2. The van der Waals surface area contributed by atoms with Crippen molar-refractivity contribution in [1.82, 2.24) is 10.3 Å². The zero-order valence-electron chi connectivity index (χ0n) is 12.4. The third-order valence-electron chi connectivity index (χ3n) is 2.23. The van der Waals surface area contributed by atoms with Crippen LogP contribution in [0, 0.1) is 28.9 Å². The fraction of sp³-hybridized carbons (Fsp3) is 0.429. The van der Waals surface area contributed by atoms with Crippen LogP contribution >= 0.6 is 0 Å². The van der Waals surface area contributed by atoms with E-state index in [2.05, 4.69) is 22.1 Å². The van der Waals surface area contributed by atoms with Crippen LogP contribution in [0.1, 0.15) is 32.0 Å². The SMILES string of the molecule is Cc1ncc([N+](=O)[O-])cc1C#CCNC(=O)OC(C)(C)C. The Kier molecular flexibility index (Phi) is 5.24. The highest BCUT2D eigenvalue weighted by Crippen LogP contribution is 2.13. The molecule has 0 saturated heterocycles. The van der Waals surface area contributed by atoms with Crippen molar-refractivity contribution < 1.29 is 14.5 Å². The molecule has 0 unspecified atom stereocenters. The smallest absolute Gasteiger partial charge is 0.408 e. The fourth-order valence-electron chi connectivity index (χ4n) is 1.32. The summed E-state index contributed by atoms with van der Waals surface area (Å²) in [5.41, 5.74) is 0.350. The molecule has 0 saturated carbocycles. The Labute approximate surface area is 122 Å². The number of nitrogens with zero attached hydrogens (tertiary/aromatic N) is 2. The van der Waals surface area contributed by atoms with E-state index in [1.165, 1.54) is 12.3 Å². The summed E-state index contributed by atoms with van der Waals surface area (Å²) in [5, 5.41) is 13.1. The number of hydrogen-bond acceptors (Lipinski definition) is 5. The number of alkyl carbamates (subject to hydrolysis) is 1. The van der Waals surface area contributed by atoms with Crippen LogP contribution < -0.4 is 5.32 Å². The van der Waals surface area contributed by atoms with Crippen molar-refractivity contribution in [2.45, 2.75) is 33.3 Å². The first-order valence-corrected chi connectivity index (χ1v) is 6.26. The molecule has 0 aromatic carbocycles. The summed E-state index contributed by atoms with van der Waals surface area (Å²) in [6.07, 6.45) is 0.616. The van der Waals surface area contributed by atoms with Gasteiger partial charge in [-0.3, -0.25) is 15.1 Å². The molecule has 0 fully saturated rings. The summed E-state index contributed by atoms with van der Waals surface area (Å²) in [6, 6.07) is 1.35. The summed E-state index contributed by atoms with van der Waals surface area (Å²) in [7, 11) is 0. The molecule has 1 aromatic rings. The number of carbonyl (C=O) groups excluding carboxylic acids is 1. The lowest BCUT2D eigenvalue weighted by Crippen LogP contribution is -2.32. The molecule has 1 rings (SSSR count). The minimum absolute atomic E-state index is 0.0804. The normalized spacial score (nSPS) is 10.3. The van der Waals surface area contributed by atoms with Crippen LogP contribution in [0.15, 0.2) is 12.3 Å². The van der Waals surface area contributed by atoms with Crippen LogP contribution in [0.25, 0.3) is 0 Å². The molecule has 1 aromatic heterocycles. The average molecular weight is 291 g/mol. The van der Waals surface area contributed by atoms with Crippen molar-refractivity contribution in [3.05, 3.63) is 33.6 Å². The Hall–Kier alpha value is -2.62. The van der Waals surface area contributed by atoms with Crippen molar-refractivity contribution in [3.63, 3.8) is 0 Å². The molecule has 7 heteroatoms. The van der Waals surface area contributed by atoms with Gasteiger partial charge in [-0.15, -0.1) is 0 Å². The van der Waals surface area contributed by atoms with E-state index in [9.17, 15) is 14.9 Å². The predicted octanol–water partition coefficient (Wildman–Crippen LogP) is 2.17. The molecule has 0 bridgehead atoms. The zero-order chi connectivity index (χ0) is 16.0. The molecule has 21 heavy (non-hydrogen) atoms. The van der Waals surface area contributed by atoms with Crippen molar-refractivity contribution in [3.8, 4) is 11.8 Å². The third kappa shape index (κ3) is 5.91. The van der Waals surface area contributed by atoms with Gasteiger partial charge in [0.05, 0.1) is 22.7 Å². The first-order chi connectivity index (χ1) is 9.69. The first kappa shape index (κ1) is 16.4. The van der Waals surface area contributed by atoms with Gasteiger partial charge in [0.1, 0.15) is 11.8 Å². The Morgan fingerprint density at radius 2 is 2.19 bits per heavy atom. The number of rotatable bonds is 2. The maximum Gasteiger partial charge on any atom is 0.408 e. The Balaban J connectivity index is 2.65. The van der Waals surface area contributed by atoms with E-state index in [1.807, 2.05) is 0 Å². The molecule has 112 valence electrons. The number of aromatic nitrogens is 1. The highest BCUT2D eigenvalue weighted by molar-refractivity contribution is 5.68. The van der Waals surface area contributed by atoms with Gasteiger partial charge in [-0.05, 0) is 27.7 Å². The minimum Gasteiger partial charge on any atom is -0.444 e. The summed E-state index contributed by atoms with van der Waals surface area (Å²) < 4.78 is 5.04. The number of amides is 1. The second-order valence-corrected chi connectivity index (χ2v) is 5.24. The lowest BCUT2D eigenvalue weighted by Gasteiger charge is -2.18. The molecule has 0 atom stereocenters. The highest BCUT2D eigenvalue weighted by Gasteiger charge is 2.15. The molecule has 7 nitrogen and oxygen atoms in total. The number of carbonyl (C=O) groups is 1. The first-order valence-electron chi connectivity index (χ1n) is 6.26. The van der Waals surface area contributed by atoms with Crippen LogP contribution in [0.5, 0.6) is 0 Å². The van der Waals surface area contributed by atoms with Gasteiger partial charge in [0.25, 0.3) is 5.69 Å². The molecule has 0 aliphatic heterocycles. The van der Waals surface area contributed by atoms with Crippen LogP contribution in [-0.4, -0.2) is 28.1 Å². The van der Waals surface area contributed by atoms with Gasteiger partial charge in [0.15, 0.2) is 0 Å². The highest BCUT2D eigenvalue weighted by atomic mass is 16.6. The number of nitrogens with one attached hydrogen (secondary N) is 1. The number of pyridine rings is 1. The molecule has 0 radical (unpaired) electrons. The second-order valence-electron chi connectivity index (χ2n) is 5.24. The number of aryl methyl sites for hydroxylation is 1. The van der Waals surface area contributed by atoms with Gasteiger partial charge < -0.3 is 10.1 Å². The van der Waals surface area contributed by atoms with Gasteiger partial charge in [-0.2, -0.15) is 0 Å². The lowest BCUT2D eigenvalue weighted by molar-refractivity contribution is -0.385. The van der Waals surface area contributed by atoms with E-state index in [0.29, 0.717) is 11.3 Å². The van der Waals surface area contributed by atoms with E-state index in [0.717, 1.165) is 0 Å². The van der Waals surface area contributed by atoms with Crippen LogP contribution in [0.3, 0.4) is 0 Å². The maximum absolute atomic E-state index is 11.4. The Morgan fingerprint density at radius 1 is 1.52 bits per heavy atom. The maximum atomic E-state index is 11.4. The molecule has 1 amide bonds. The molecule has 0 aliphatic rings. The van der Waals surface area contributed by atoms with E-state index in [4.69, 9.17) is 4.74 Å². The molecular formula is C14H17N3O4. The zero-order valence-corrected chi connectivity index (χ0v) is 12.4. The predicted molar refractivity (Wildman–Crippen MR) is 76.7 cm³/mol. The van der Waals surface area contributed by atoms with Crippen molar-refractivity contribution in [1.29, 1.82) is 0 Å². The van der Waals surface area contributed by atoms with E-state index < -0.39 is 16.6 Å². The minimum atomic E-state index is -0.571. The summed E-state index contributed by atoms with van der Waals surface area (Å²) in [5.74, 6) is 5.44. The third-order valence-corrected chi connectivity index (χ3v) is 2.23. The van der Waals surface area contributed by atoms with Crippen LogP contribution in [-0.2, 0) is 4.74 Å². The van der Waals surface area contributed by atoms with Crippen molar-refractivity contribution >= 4 is 11.8 Å². The van der Waals surface area contributed by atoms with E-state index in [1.54, 1.807) is 27.7 Å². The van der Waals surface area contributed by atoms with E-state index in [-0.39, 0.29) is 12.2 Å². The molecule has 0 spiro atoms. The molecular weight excluding hydrogens is 274 g/mol. The van der Waals surface area contributed by atoms with Gasteiger partial charge in [-0.1, -0.05) is 11.8 Å².